The molecule has 3 nitrogen and oxygen atoms in total. The van der Waals surface area contributed by atoms with Crippen molar-refractivity contribution in [2.75, 3.05) is 5.32 Å². The zero-order valence-electron chi connectivity index (χ0n) is 13.0. The van der Waals surface area contributed by atoms with Crippen LogP contribution in [0, 0.1) is 5.92 Å². The van der Waals surface area contributed by atoms with Gasteiger partial charge >= 0.3 is 0 Å². The van der Waals surface area contributed by atoms with Crippen LogP contribution in [0.4, 0.5) is 5.69 Å². The Labute approximate surface area is 122 Å². The van der Waals surface area contributed by atoms with Crippen LogP contribution < -0.4 is 11.1 Å². The fraction of sp³-hybridized carbons (Fsp3) is 0.588. The van der Waals surface area contributed by atoms with Crippen molar-refractivity contribution in [3.63, 3.8) is 0 Å². The van der Waals surface area contributed by atoms with Gasteiger partial charge in [-0.15, -0.1) is 0 Å². The Bertz CT molecular complexity index is 400. The summed E-state index contributed by atoms with van der Waals surface area (Å²) >= 11 is 0. The number of aryl methyl sites for hydroxylation is 1. The van der Waals surface area contributed by atoms with E-state index in [0.29, 0.717) is 0 Å². The zero-order valence-corrected chi connectivity index (χ0v) is 13.0. The molecule has 0 aliphatic heterocycles. The molecule has 0 aromatic heterocycles. The lowest BCUT2D eigenvalue weighted by Crippen LogP contribution is -2.40. The minimum absolute atomic E-state index is 0.0990. The molecule has 0 fully saturated rings. The number of unbranched alkanes of at least 4 members (excludes halogenated alkanes) is 2. The first-order valence-corrected chi connectivity index (χ1v) is 7.73. The monoisotopic (exact) mass is 276 g/mol. The van der Waals surface area contributed by atoms with Crippen molar-refractivity contribution in [2.24, 2.45) is 11.7 Å². The third-order valence-corrected chi connectivity index (χ3v) is 3.85. The number of hydrogen-bond donors (Lipinski definition) is 2. The van der Waals surface area contributed by atoms with Gasteiger partial charge in [0, 0.05) is 5.69 Å². The largest absolute Gasteiger partial charge is 0.325 e. The van der Waals surface area contributed by atoms with Gasteiger partial charge in [0.05, 0.1) is 6.04 Å². The molecular formula is C17H28N2O. The van der Waals surface area contributed by atoms with E-state index in [0.717, 1.165) is 18.5 Å². The lowest BCUT2D eigenvalue weighted by Gasteiger charge is -2.17. The minimum Gasteiger partial charge on any atom is -0.325 e. The average molecular weight is 276 g/mol. The van der Waals surface area contributed by atoms with Gasteiger partial charge in [-0.2, -0.15) is 0 Å². The van der Waals surface area contributed by atoms with E-state index in [1.807, 2.05) is 26.0 Å². The Morgan fingerprint density at radius 2 is 1.85 bits per heavy atom. The number of carbonyl (C=O) groups is 1. The first-order valence-electron chi connectivity index (χ1n) is 7.73. The highest BCUT2D eigenvalue weighted by Gasteiger charge is 2.19. The smallest absolute Gasteiger partial charge is 0.241 e. The summed E-state index contributed by atoms with van der Waals surface area (Å²) in [4.78, 5) is 12.0. The molecule has 20 heavy (non-hydrogen) atoms. The highest BCUT2D eigenvalue weighted by Crippen LogP contribution is 2.14. The fourth-order valence-corrected chi connectivity index (χ4v) is 2.07. The van der Waals surface area contributed by atoms with Gasteiger partial charge in [-0.25, -0.2) is 0 Å². The van der Waals surface area contributed by atoms with Gasteiger partial charge < -0.3 is 11.1 Å². The molecule has 0 aliphatic carbocycles. The predicted molar refractivity (Wildman–Crippen MR) is 85.7 cm³/mol. The Morgan fingerprint density at radius 3 is 2.40 bits per heavy atom. The van der Waals surface area contributed by atoms with Gasteiger partial charge in [-0.1, -0.05) is 52.2 Å². The Morgan fingerprint density at radius 1 is 1.20 bits per heavy atom. The van der Waals surface area contributed by atoms with Crippen LogP contribution in [0.15, 0.2) is 24.3 Å². The van der Waals surface area contributed by atoms with E-state index in [9.17, 15) is 4.79 Å². The second-order valence-electron chi connectivity index (χ2n) is 5.55. The van der Waals surface area contributed by atoms with Gasteiger partial charge in [-0.3, -0.25) is 4.79 Å². The summed E-state index contributed by atoms with van der Waals surface area (Å²) in [5.41, 5.74) is 8.07. The van der Waals surface area contributed by atoms with Gasteiger partial charge in [0.2, 0.25) is 5.91 Å². The maximum atomic E-state index is 12.0. The van der Waals surface area contributed by atoms with Crippen LogP contribution in [0.3, 0.4) is 0 Å². The summed E-state index contributed by atoms with van der Waals surface area (Å²) in [7, 11) is 0. The van der Waals surface area contributed by atoms with E-state index in [2.05, 4.69) is 24.4 Å². The molecular weight excluding hydrogens is 248 g/mol. The van der Waals surface area contributed by atoms with Crippen LogP contribution >= 0.6 is 0 Å². The normalized spacial score (nSPS) is 13.8. The molecule has 0 spiro atoms. The van der Waals surface area contributed by atoms with E-state index >= 15 is 0 Å². The van der Waals surface area contributed by atoms with Crippen LogP contribution in [0.5, 0.6) is 0 Å². The van der Waals surface area contributed by atoms with Crippen molar-refractivity contribution < 1.29 is 4.79 Å². The van der Waals surface area contributed by atoms with Crippen LogP contribution in [0.2, 0.25) is 0 Å². The van der Waals surface area contributed by atoms with Crippen LogP contribution in [-0.4, -0.2) is 11.9 Å². The van der Waals surface area contributed by atoms with Gasteiger partial charge in [0.1, 0.15) is 0 Å². The van der Waals surface area contributed by atoms with Gasteiger partial charge in [-0.05, 0) is 36.5 Å². The molecule has 3 heteroatoms. The number of amides is 1. The van der Waals surface area contributed by atoms with E-state index in [1.54, 1.807) is 0 Å². The van der Waals surface area contributed by atoms with Gasteiger partial charge in [0.25, 0.3) is 0 Å². The highest BCUT2D eigenvalue weighted by molar-refractivity contribution is 5.94. The van der Waals surface area contributed by atoms with Crippen molar-refractivity contribution in [2.45, 2.75) is 58.9 Å². The van der Waals surface area contributed by atoms with E-state index in [4.69, 9.17) is 5.73 Å². The van der Waals surface area contributed by atoms with Crippen molar-refractivity contribution in [1.29, 1.82) is 0 Å². The lowest BCUT2D eigenvalue weighted by atomic mass is 9.99. The molecule has 0 saturated carbocycles. The van der Waals surface area contributed by atoms with E-state index < -0.39 is 6.04 Å². The van der Waals surface area contributed by atoms with E-state index in [-0.39, 0.29) is 11.8 Å². The molecule has 0 radical (unpaired) electrons. The molecule has 1 amide bonds. The quantitative estimate of drug-likeness (QED) is 0.711. The predicted octanol–water partition coefficient (Wildman–Crippen LogP) is 3.73. The fourth-order valence-electron chi connectivity index (χ4n) is 2.07. The van der Waals surface area contributed by atoms with Crippen LogP contribution in [0.25, 0.3) is 0 Å². The topological polar surface area (TPSA) is 55.1 Å². The number of nitrogens with one attached hydrogen (secondary N) is 1. The Balaban J connectivity index is 2.50. The molecule has 0 aliphatic rings. The average Bonchev–Trinajstić information content (AvgIpc) is 2.47. The molecule has 1 aromatic carbocycles. The minimum atomic E-state index is -0.441. The maximum Gasteiger partial charge on any atom is 0.241 e. The first-order chi connectivity index (χ1) is 9.58. The first kappa shape index (κ1) is 16.7. The zero-order chi connectivity index (χ0) is 15.0. The molecule has 3 N–H and O–H groups in total. The second-order valence-corrected chi connectivity index (χ2v) is 5.55. The Kier molecular flexibility index (Phi) is 7.31. The van der Waals surface area contributed by atoms with E-state index in [1.165, 1.54) is 24.8 Å². The summed E-state index contributed by atoms with van der Waals surface area (Å²) in [6.45, 7) is 6.25. The number of benzene rings is 1. The third kappa shape index (κ3) is 5.33. The summed E-state index contributed by atoms with van der Waals surface area (Å²) in [6, 6.07) is 7.65. The van der Waals surface area contributed by atoms with Crippen LogP contribution in [0.1, 0.15) is 52.0 Å². The molecule has 0 bridgehead atoms. The summed E-state index contributed by atoms with van der Waals surface area (Å²) < 4.78 is 0. The highest BCUT2D eigenvalue weighted by atomic mass is 16.2. The molecule has 2 atom stereocenters. The summed E-state index contributed by atoms with van der Waals surface area (Å²) in [5.74, 6) is 0.0985. The third-order valence-electron chi connectivity index (χ3n) is 3.85. The van der Waals surface area contributed by atoms with Crippen molar-refractivity contribution in [3.05, 3.63) is 29.8 Å². The number of anilines is 1. The molecule has 112 valence electrons. The van der Waals surface area contributed by atoms with Crippen molar-refractivity contribution in [1.82, 2.24) is 0 Å². The van der Waals surface area contributed by atoms with Crippen LogP contribution in [-0.2, 0) is 11.2 Å². The number of hydrogen-bond acceptors (Lipinski definition) is 2. The van der Waals surface area contributed by atoms with Crippen molar-refractivity contribution >= 4 is 11.6 Å². The lowest BCUT2D eigenvalue weighted by molar-refractivity contribution is -0.118. The second kappa shape index (κ2) is 8.75. The SMILES string of the molecule is CCCCCc1ccc(NC(=O)[C@@H](N)[C@@H](C)CC)cc1. The number of nitrogens with two attached hydrogens (primary N) is 1. The molecule has 1 aromatic rings. The molecule has 0 heterocycles. The molecule has 0 saturated heterocycles. The molecule has 1 rings (SSSR count). The molecule has 0 unspecified atom stereocenters. The number of carbonyl (C=O) groups excluding carboxylic acids is 1. The maximum absolute atomic E-state index is 12.0. The standard InChI is InChI=1S/C17H28N2O/c1-4-6-7-8-14-9-11-15(12-10-14)19-17(20)16(18)13(3)5-2/h9-13,16H,4-8,18H2,1-3H3,(H,19,20)/t13-,16-/m0/s1. The summed E-state index contributed by atoms with van der Waals surface area (Å²) in [6.07, 6.45) is 5.74. The summed E-state index contributed by atoms with van der Waals surface area (Å²) in [5, 5.41) is 2.89. The van der Waals surface area contributed by atoms with Crippen molar-refractivity contribution in [3.8, 4) is 0 Å². The van der Waals surface area contributed by atoms with Gasteiger partial charge in [0.15, 0.2) is 0 Å². The Hall–Kier alpha value is -1.35. The number of rotatable bonds is 8.